The summed E-state index contributed by atoms with van der Waals surface area (Å²) < 4.78 is 5.96. The van der Waals surface area contributed by atoms with Crippen LogP contribution in [-0.2, 0) is 17.7 Å². The summed E-state index contributed by atoms with van der Waals surface area (Å²) >= 11 is 0. The molecule has 1 aliphatic rings. The number of rotatable bonds is 5. The average molecular weight is 312 g/mol. The maximum Gasteiger partial charge on any atom is 0.127 e. The van der Waals surface area contributed by atoms with Gasteiger partial charge in [0.1, 0.15) is 5.82 Å². The zero-order valence-corrected chi connectivity index (χ0v) is 13.7. The third kappa shape index (κ3) is 4.27. The molecule has 5 nitrogen and oxygen atoms in total. The summed E-state index contributed by atoms with van der Waals surface area (Å²) in [6.07, 6.45) is 5.04. The van der Waals surface area contributed by atoms with Crippen molar-refractivity contribution in [2.45, 2.75) is 39.0 Å². The van der Waals surface area contributed by atoms with Crippen LogP contribution in [-0.4, -0.2) is 29.2 Å². The fraction of sp³-hybridized carbons (Fsp3) is 0.444. The van der Waals surface area contributed by atoms with Crippen LogP contribution in [0.4, 0.5) is 5.69 Å². The van der Waals surface area contributed by atoms with E-state index in [9.17, 15) is 0 Å². The number of nitrogens with one attached hydrogen (secondary N) is 2. The van der Waals surface area contributed by atoms with E-state index in [0.29, 0.717) is 0 Å². The van der Waals surface area contributed by atoms with Crippen LogP contribution in [0.2, 0.25) is 0 Å². The molecule has 0 saturated carbocycles. The lowest BCUT2D eigenvalue weighted by molar-refractivity contribution is -0.0287. The number of anilines is 1. The summed E-state index contributed by atoms with van der Waals surface area (Å²) in [7, 11) is 0. The zero-order chi connectivity index (χ0) is 16.1. The van der Waals surface area contributed by atoms with Crippen molar-refractivity contribution < 1.29 is 4.74 Å². The van der Waals surface area contributed by atoms with E-state index in [0.717, 1.165) is 43.1 Å². The standard InChI is InChI=1S/C18H24N4O/c1-3-18-21-10-14(11-22-18)9-20-16-6-4-15(5-7-16)17-12-19-8-13(2)23-17/h4-7,10-11,13,17,19-20H,3,8-9,12H2,1-2H3/t13-,17-/m1/s1. The number of ether oxygens (including phenoxy) is 1. The van der Waals surface area contributed by atoms with E-state index in [1.165, 1.54) is 5.56 Å². The quantitative estimate of drug-likeness (QED) is 0.889. The molecule has 0 unspecified atom stereocenters. The Morgan fingerprint density at radius 3 is 2.57 bits per heavy atom. The van der Waals surface area contributed by atoms with Crippen LogP contribution in [0.25, 0.3) is 0 Å². The number of nitrogens with zero attached hydrogens (tertiary/aromatic N) is 2. The topological polar surface area (TPSA) is 59.1 Å². The van der Waals surface area contributed by atoms with Crippen molar-refractivity contribution in [1.82, 2.24) is 15.3 Å². The van der Waals surface area contributed by atoms with Crippen LogP contribution in [0.1, 0.15) is 36.9 Å². The fourth-order valence-corrected chi connectivity index (χ4v) is 2.67. The van der Waals surface area contributed by atoms with Crippen molar-refractivity contribution >= 4 is 5.69 Å². The second-order valence-electron chi connectivity index (χ2n) is 5.93. The van der Waals surface area contributed by atoms with E-state index in [1.807, 2.05) is 12.4 Å². The van der Waals surface area contributed by atoms with Gasteiger partial charge in [0, 0.05) is 49.7 Å². The fourth-order valence-electron chi connectivity index (χ4n) is 2.67. The third-order valence-electron chi connectivity index (χ3n) is 4.01. The van der Waals surface area contributed by atoms with Gasteiger partial charge in [0.15, 0.2) is 0 Å². The number of morpholine rings is 1. The van der Waals surface area contributed by atoms with Crippen LogP contribution in [0.5, 0.6) is 0 Å². The lowest BCUT2D eigenvalue weighted by Crippen LogP contribution is -2.38. The number of aromatic nitrogens is 2. The zero-order valence-electron chi connectivity index (χ0n) is 13.7. The van der Waals surface area contributed by atoms with Gasteiger partial charge < -0.3 is 15.4 Å². The highest BCUT2D eigenvalue weighted by molar-refractivity contribution is 5.45. The van der Waals surface area contributed by atoms with Crippen molar-refractivity contribution in [1.29, 1.82) is 0 Å². The normalized spacial score (nSPS) is 21.1. The largest absolute Gasteiger partial charge is 0.381 e. The van der Waals surface area contributed by atoms with Gasteiger partial charge >= 0.3 is 0 Å². The maximum absolute atomic E-state index is 5.96. The van der Waals surface area contributed by atoms with Gasteiger partial charge in [-0.05, 0) is 24.6 Å². The second kappa shape index (κ2) is 7.53. The Labute approximate surface area is 137 Å². The lowest BCUT2D eigenvalue weighted by Gasteiger charge is -2.29. The number of hydrogen-bond donors (Lipinski definition) is 2. The Kier molecular flexibility index (Phi) is 5.20. The molecule has 122 valence electrons. The van der Waals surface area contributed by atoms with Crippen LogP contribution < -0.4 is 10.6 Å². The number of hydrogen-bond acceptors (Lipinski definition) is 5. The molecule has 0 radical (unpaired) electrons. The van der Waals surface area contributed by atoms with Crippen molar-refractivity contribution in [3.63, 3.8) is 0 Å². The molecule has 2 heterocycles. The minimum Gasteiger partial charge on any atom is -0.381 e. The minimum absolute atomic E-state index is 0.141. The van der Waals surface area contributed by atoms with Gasteiger partial charge in [-0.1, -0.05) is 19.1 Å². The Hall–Kier alpha value is -1.98. The van der Waals surface area contributed by atoms with Gasteiger partial charge in [-0.2, -0.15) is 0 Å². The molecule has 2 N–H and O–H groups in total. The molecule has 0 spiro atoms. The predicted molar refractivity (Wildman–Crippen MR) is 91.3 cm³/mol. The summed E-state index contributed by atoms with van der Waals surface area (Å²) in [5, 5.41) is 6.80. The average Bonchev–Trinajstić information content (AvgIpc) is 2.61. The van der Waals surface area contributed by atoms with E-state index in [2.05, 4.69) is 58.7 Å². The van der Waals surface area contributed by atoms with Gasteiger partial charge in [-0.15, -0.1) is 0 Å². The summed E-state index contributed by atoms with van der Waals surface area (Å²) in [4.78, 5) is 8.63. The third-order valence-corrected chi connectivity index (χ3v) is 4.01. The van der Waals surface area contributed by atoms with Gasteiger partial charge in [0.2, 0.25) is 0 Å². The molecule has 1 aromatic heterocycles. The first kappa shape index (κ1) is 15.9. The van der Waals surface area contributed by atoms with Crippen LogP contribution >= 0.6 is 0 Å². The highest BCUT2D eigenvalue weighted by atomic mass is 16.5. The van der Waals surface area contributed by atoms with Crippen LogP contribution in [0, 0.1) is 0 Å². The van der Waals surface area contributed by atoms with Crippen molar-refractivity contribution in [2.75, 3.05) is 18.4 Å². The molecule has 0 bridgehead atoms. The molecular formula is C18H24N4O. The van der Waals surface area contributed by atoms with Gasteiger partial charge in [-0.3, -0.25) is 0 Å². The second-order valence-corrected chi connectivity index (χ2v) is 5.93. The summed E-state index contributed by atoms with van der Waals surface area (Å²) in [6.45, 7) is 6.68. The van der Waals surface area contributed by atoms with E-state index >= 15 is 0 Å². The molecule has 2 atom stereocenters. The molecule has 1 aliphatic heterocycles. The van der Waals surface area contributed by atoms with Crippen LogP contribution in [0.3, 0.4) is 0 Å². The summed E-state index contributed by atoms with van der Waals surface area (Å²) in [5.41, 5.74) is 3.38. The van der Waals surface area contributed by atoms with E-state index < -0.39 is 0 Å². The Balaban J connectivity index is 1.56. The SMILES string of the molecule is CCc1ncc(CNc2ccc([C@H]3CNC[C@@H](C)O3)cc2)cn1. The summed E-state index contributed by atoms with van der Waals surface area (Å²) in [5.74, 6) is 0.883. The van der Waals surface area contributed by atoms with Crippen molar-refractivity contribution in [3.8, 4) is 0 Å². The van der Waals surface area contributed by atoms with E-state index in [1.54, 1.807) is 0 Å². The summed E-state index contributed by atoms with van der Waals surface area (Å²) in [6, 6.07) is 8.45. The Morgan fingerprint density at radius 2 is 1.91 bits per heavy atom. The van der Waals surface area contributed by atoms with Gasteiger partial charge in [-0.25, -0.2) is 9.97 Å². The van der Waals surface area contributed by atoms with Crippen molar-refractivity contribution in [2.24, 2.45) is 0 Å². The number of benzene rings is 1. The van der Waals surface area contributed by atoms with Gasteiger partial charge in [0.05, 0.1) is 12.2 Å². The lowest BCUT2D eigenvalue weighted by atomic mass is 10.1. The smallest absolute Gasteiger partial charge is 0.127 e. The molecular weight excluding hydrogens is 288 g/mol. The number of aryl methyl sites for hydroxylation is 1. The van der Waals surface area contributed by atoms with E-state index in [-0.39, 0.29) is 12.2 Å². The first-order valence-corrected chi connectivity index (χ1v) is 8.24. The van der Waals surface area contributed by atoms with Crippen LogP contribution in [0.15, 0.2) is 36.7 Å². The molecule has 5 heteroatoms. The molecule has 0 amide bonds. The molecule has 3 rings (SSSR count). The molecule has 23 heavy (non-hydrogen) atoms. The molecule has 1 saturated heterocycles. The maximum atomic E-state index is 5.96. The molecule has 0 aliphatic carbocycles. The predicted octanol–water partition coefficient (Wildman–Crippen LogP) is 2.70. The van der Waals surface area contributed by atoms with Crippen molar-refractivity contribution in [3.05, 3.63) is 53.6 Å². The first-order valence-electron chi connectivity index (χ1n) is 8.24. The molecule has 1 aromatic carbocycles. The highest BCUT2D eigenvalue weighted by Gasteiger charge is 2.19. The first-order chi connectivity index (χ1) is 11.2. The Morgan fingerprint density at radius 1 is 1.17 bits per heavy atom. The molecule has 1 fully saturated rings. The highest BCUT2D eigenvalue weighted by Crippen LogP contribution is 2.23. The Bertz CT molecular complexity index is 612. The van der Waals surface area contributed by atoms with Gasteiger partial charge in [0.25, 0.3) is 0 Å². The van der Waals surface area contributed by atoms with E-state index in [4.69, 9.17) is 4.74 Å². The minimum atomic E-state index is 0.141. The monoisotopic (exact) mass is 312 g/mol. The molecule has 2 aromatic rings.